The minimum absolute atomic E-state index is 0.169. The average Bonchev–Trinajstić information content (AvgIpc) is 2.17. The molecule has 0 bridgehead atoms. The summed E-state index contributed by atoms with van der Waals surface area (Å²) < 4.78 is 4.03. The second-order valence-electron chi connectivity index (χ2n) is 26.8. The molecule has 88 heavy (non-hydrogen) atoms. The van der Waals surface area contributed by atoms with Crippen LogP contribution < -0.4 is 21.3 Å². The summed E-state index contributed by atoms with van der Waals surface area (Å²) in [5, 5.41) is 45.4. The number of piperidine rings is 2. The Kier molecular flexibility index (Phi) is 22.0. The van der Waals surface area contributed by atoms with Gasteiger partial charge in [-0.1, -0.05) is 110 Å². The summed E-state index contributed by atoms with van der Waals surface area (Å²) in [6.45, 7) is 4.95. The van der Waals surface area contributed by atoms with Gasteiger partial charge in [0, 0.05) is 73.5 Å². The molecule has 0 radical (unpaired) electrons. The molecule has 2 amide bonds. The molecule has 4 saturated carbocycles. The van der Waals surface area contributed by atoms with Gasteiger partial charge in [-0.05, 0) is 198 Å². The van der Waals surface area contributed by atoms with E-state index in [1.54, 1.807) is 24.8 Å². The largest absolute Gasteiger partial charge is 0.506 e. The molecule has 4 aromatic carbocycles. The van der Waals surface area contributed by atoms with Crippen molar-refractivity contribution in [1.82, 2.24) is 50.0 Å². The maximum atomic E-state index is 14.3. The van der Waals surface area contributed by atoms with Gasteiger partial charge in [-0.3, -0.25) is 19.0 Å². The molecule has 12 rings (SSSR count). The van der Waals surface area contributed by atoms with Crippen LogP contribution in [0, 0.1) is 22.7 Å². The Hall–Kier alpha value is -6.20. The number of aromatic hydroxyl groups is 2. The monoisotopic (exact) mass is 1240 g/mol. The van der Waals surface area contributed by atoms with Gasteiger partial charge >= 0.3 is 0 Å². The summed E-state index contributed by atoms with van der Waals surface area (Å²) >= 11 is 12.4. The second kappa shape index (κ2) is 30.5. The molecule has 18 heteroatoms. The Morgan fingerprint density at radius 2 is 0.830 bits per heavy atom. The zero-order valence-electron chi connectivity index (χ0n) is 51.4. The van der Waals surface area contributed by atoms with Crippen molar-refractivity contribution < 1.29 is 19.8 Å². The molecule has 472 valence electrons. The van der Waals surface area contributed by atoms with E-state index in [-0.39, 0.29) is 58.3 Å². The number of phenolic OH excluding ortho intramolecular Hbond substituents is 2. The van der Waals surface area contributed by atoms with E-state index in [1.807, 2.05) is 107 Å². The van der Waals surface area contributed by atoms with Crippen molar-refractivity contribution in [2.24, 2.45) is 22.7 Å². The molecule has 0 unspecified atom stereocenters. The van der Waals surface area contributed by atoms with E-state index in [1.165, 1.54) is 64.2 Å². The van der Waals surface area contributed by atoms with Crippen molar-refractivity contribution in [3.05, 3.63) is 144 Å². The highest BCUT2D eigenvalue weighted by Crippen LogP contribution is 2.49. The molecule has 2 aliphatic heterocycles. The van der Waals surface area contributed by atoms with Crippen LogP contribution in [-0.4, -0.2) is 124 Å². The molecule has 16 nitrogen and oxygen atoms in total. The van der Waals surface area contributed by atoms with Crippen molar-refractivity contribution in [3.63, 3.8) is 0 Å². The number of carbonyl (C=O) groups is 2. The number of halogens is 2. The Morgan fingerprint density at radius 3 is 1.17 bits per heavy atom. The van der Waals surface area contributed by atoms with Gasteiger partial charge in [-0.25, -0.2) is 9.97 Å². The van der Waals surface area contributed by atoms with Gasteiger partial charge in [0.05, 0.1) is 23.5 Å². The van der Waals surface area contributed by atoms with Crippen molar-refractivity contribution in [1.29, 1.82) is 0 Å². The van der Waals surface area contributed by atoms with Crippen LogP contribution in [0.15, 0.2) is 122 Å². The number of phenols is 2. The molecule has 4 aliphatic carbocycles. The number of carbonyl (C=O) groups excluding carboxylic acids is 2. The summed E-state index contributed by atoms with van der Waals surface area (Å²) in [5.74, 6) is 2.37. The van der Waals surface area contributed by atoms with E-state index >= 15 is 0 Å². The molecular formula is C70H94Cl2N12O4. The first-order valence-electron chi connectivity index (χ1n) is 33.3. The summed E-state index contributed by atoms with van der Waals surface area (Å²) in [6, 6.07) is 31.3. The van der Waals surface area contributed by atoms with E-state index in [4.69, 9.17) is 23.2 Å². The molecule has 2 saturated heterocycles. The third-order valence-electron chi connectivity index (χ3n) is 21.1. The number of nitrogens with one attached hydrogen (secondary N) is 4. The van der Waals surface area contributed by atoms with Crippen LogP contribution in [0.2, 0.25) is 10.0 Å². The molecule has 4 heterocycles. The lowest BCUT2D eigenvalue weighted by atomic mass is 9.63. The molecule has 6 aromatic rings. The maximum Gasteiger partial charge on any atom is 0.240 e. The molecule has 6 aliphatic rings. The zero-order chi connectivity index (χ0) is 60.7. The number of nitrogens with zero attached hydrogens (tertiary/aromatic N) is 8. The summed E-state index contributed by atoms with van der Waals surface area (Å²) in [7, 11) is 0. The van der Waals surface area contributed by atoms with Gasteiger partial charge in [0.15, 0.2) is 0 Å². The topological polar surface area (TPSA) is 191 Å². The average molecular weight is 1240 g/mol. The quantitative estimate of drug-likeness (QED) is 0.0397. The van der Waals surface area contributed by atoms with Gasteiger partial charge in [0.1, 0.15) is 36.8 Å². The zero-order valence-corrected chi connectivity index (χ0v) is 52.9. The molecule has 6 fully saturated rings. The minimum atomic E-state index is -0.277. The van der Waals surface area contributed by atoms with Crippen LogP contribution >= 0.6 is 23.2 Å². The fourth-order valence-electron chi connectivity index (χ4n) is 16.0. The number of anilines is 2. The Morgan fingerprint density at radius 1 is 0.477 bits per heavy atom. The van der Waals surface area contributed by atoms with Crippen LogP contribution in [0.4, 0.5) is 11.4 Å². The summed E-state index contributed by atoms with van der Waals surface area (Å²) in [6.07, 6.45) is 33.3. The van der Waals surface area contributed by atoms with Crippen LogP contribution in [0.25, 0.3) is 0 Å². The predicted molar refractivity (Wildman–Crippen MR) is 349 cm³/mol. The molecule has 2 atom stereocenters. The van der Waals surface area contributed by atoms with Gasteiger partial charge in [0.25, 0.3) is 0 Å². The van der Waals surface area contributed by atoms with Crippen molar-refractivity contribution in [3.8, 4) is 11.5 Å². The fraction of sp³-hybridized carbons (Fsp3) is 0.571. The highest BCUT2D eigenvalue weighted by molar-refractivity contribution is 6.30. The number of hydrogen-bond donors (Lipinski definition) is 6. The second-order valence-corrected chi connectivity index (χ2v) is 27.6. The molecular weight excluding hydrogens is 1140 g/mol. The smallest absolute Gasteiger partial charge is 0.240 e. The van der Waals surface area contributed by atoms with E-state index in [0.29, 0.717) is 46.8 Å². The Balaban J connectivity index is 0.000000182. The number of para-hydroxylation sites is 4. The SMILES string of the molecule is O=C([C@@H](Cc1ccc(Cl)cc1)N[C@H]1CC[C@@H](Nc2ccccc2O)CC1)N1CCC(Cn2cncn2)(C2CCCCC2)CC1.O=C([C@@H](Cc1ccc(Cl)cc1)N[C@H]1CC[C@H](Nc2ccccc2O)CC1)N1CCC(Cn2cncn2)(C2CCCCC2)CC1. The van der Waals surface area contributed by atoms with Gasteiger partial charge in [-0.15, -0.1) is 0 Å². The highest BCUT2D eigenvalue weighted by atomic mass is 35.5. The van der Waals surface area contributed by atoms with Gasteiger partial charge < -0.3 is 41.3 Å². The van der Waals surface area contributed by atoms with Crippen molar-refractivity contribution in [2.75, 3.05) is 36.8 Å². The van der Waals surface area contributed by atoms with Crippen LogP contribution in [0.5, 0.6) is 11.5 Å². The first kappa shape index (κ1) is 63.4. The number of rotatable bonds is 20. The van der Waals surface area contributed by atoms with Gasteiger partial charge in [0.2, 0.25) is 11.8 Å². The Labute approximate surface area is 531 Å². The lowest BCUT2D eigenvalue weighted by molar-refractivity contribution is -0.138. The van der Waals surface area contributed by atoms with Gasteiger partial charge in [-0.2, -0.15) is 10.2 Å². The van der Waals surface area contributed by atoms with Crippen molar-refractivity contribution >= 4 is 46.4 Å². The summed E-state index contributed by atoms with van der Waals surface area (Å²) in [5.41, 5.74) is 4.16. The minimum Gasteiger partial charge on any atom is -0.506 e. The number of benzene rings is 4. The number of aromatic nitrogens is 6. The van der Waals surface area contributed by atoms with Crippen molar-refractivity contribution in [2.45, 2.75) is 203 Å². The van der Waals surface area contributed by atoms with Crippen LogP contribution in [0.1, 0.15) is 152 Å². The number of amides is 2. The third-order valence-corrected chi connectivity index (χ3v) is 21.6. The standard InChI is InChI=1S/2C35H47ClN6O2/c2*36-28-12-10-26(11-13-28)22-32(40-30-16-14-29(15-17-30)39-31-8-4-5-9-33(31)43)34(44)41-20-18-35(19-21-41,23-42-25-37-24-38-42)27-6-2-1-3-7-27/h2*4-5,8-13,24-25,27,29-30,32,39-40,43H,1-3,6-7,14-23H2/t29-,30+,32-;29-,30-,32-/m11/s1. The molecule has 2 aromatic heterocycles. The van der Waals surface area contributed by atoms with Crippen LogP contribution in [-0.2, 0) is 35.5 Å². The van der Waals surface area contributed by atoms with E-state index < -0.39 is 0 Å². The Bertz CT molecular complexity index is 2860. The highest BCUT2D eigenvalue weighted by Gasteiger charge is 2.46. The maximum absolute atomic E-state index is 14.3. The summed E-state index contributed by atoms with van der Waals surface area (Å²) in [4.78, 5) is 41.2. The van der Waals surface area contributed by atoms with E-state index in [0.717, 1.165) is 139 Å². The molecule has 6 N–H and O–H groups in total. The third kappa shape index (κ3) is 16.8. The lowest BCUT2D eigenvalue weighted by Gasteiger charge is -2.48. The fourth-order valence-corrected chi connectivity index (χ4v) is 16.3. The first-order chi connectivity index (χ1) is 42.9. The normalized spacial score (nSPS) is 23.2. The lowest BCUT2D eigenvalue weighted by Crippen LogP contribution is -2.55. The van der Waals surface area contributed by atoms with E-state index in [2.05, 4.69) is 51.2 Å². The predicted octanol–water partition coefficient (Wildman–Crippen LogP) is 12.9. The number of hydrogen-bond acceptors (Lipinski definition) is 12. The number of likely N-dealkylation sites (tertiary alicyclic amines) is 2. The molecule has 0 spiro atoms. The van der Waals surface area contributed by atoms with Crippen LogP contribution in [0.3, 0.4) is 0 Å². The first-order valence-corrected chi connectivity index (χ1v) is 34.0. The van der Waals surface area contributed by atoms with E-state index in [9.17, 15) is 19.8 Å².